The molecule has 0 atom stereocenters. The topological polar surface area (TPSA) is 51.4 Å². The van der Waals surface area contributed by atoms with Gasteiger partial charge in [-0.2, -0.15) is 0 Å². The highest BCUT2D eigenvalue weighted by Crippen LogP contribution is 2.50. The van der Waals surface area contributed by atoms with Crippen molar-refractivity contribution in [3.05, 3.63) is 16.3 Å². The van der Waals surface area contributed by atoms with Crippen LogP contribution in [0, 0.1) is 13.8 Å². The average Bonchev–Trinajstić information content (AvgIpc) is 2.77. The summed E-state index contributed by atoms with van der Waals surface area (Å²) in [6.45, 7) is 5.89. The van der Waals surface area contributed by atoms with Crippen molar-refractivity contribution in [3.8, 4) is 0 Å². The molecule has 18 heavy (non-hydrogen) atoms. The molecule has 7 heteroatoms. The third-order valence-electron chi connectivity index (χ3n) is 3.70. The van der Waals surface area contributed by atoms with Gasteiger partial charge in [0, 0.05) is 26.7 Å². The number of rotatable bonds is 2. The molecule has 2 aromatic heterocycles. The smallest absolute Gasteiger partial charge is 0.277 e. The summed E-state index contributed by atoms with van der Waals surface area (Å²) in [6.07, 6.45) is 1.94. The van der Waals surface area contributed by atoms with Crippen LogP contribution in [0.2, 0.25) is 0 Å². The zero-order chi connectivity index (χ0) is 13.3. The predicted molar refractivity (Wildman–Crippen MR) is 72.2 cm³/mol. The number of hydrogen-bond donors (Lipinski definition) is 0. The molecule has 1 aliphatic rings. The van der Waals surface area contributed by atoms with Gasteiger partial charge in [-0.15, -0.1) is 11.3 Å². The Morgan fingerprint density at radius 3 is 2.50 bits per heavy atom. The zero-order valence-corrected chi connectivity index (χ0v) is 12.7. The van der Waals surface area contributed by atoms with Gasteiger partial charge in [-0.25, -0.2) is 13.4 Å². The molecular formula is C11H13ClN2O2S2. The van der Waals surface area contributed by atoms with E-state index in [4.69, 9.17) is 10.7 Å². The van der Waals surface area contributed by atoms with E-state index in [1.54, 1.807) is 4.40 Å². The van der Waals surface area contributed by atoms with E-state index in [2.05, 4.69) is 4.98 Å². The molecule has 0 aromatic carbocycles. The second kappa shape index (κ2) is 3.49. The van der Waals surface area contributed by atoms with Crippen LogP contribution in [0.4, 0.5) is 0 Å². The van der Waals surface area contributed by atoms with Crippen molar-refractivity contribution in [2.45, 2.75) is 44.1 Å². The average molecular weight is 305 g/mol. The third-order valence-corrected chi connectivity index (χ3v) is 6.03. The SMILES string of the molecule is Cc1sc2nc(C3(C)CC3)c(S(=O)(=O)Cl)n2c1C. The van der Waals surface area contributed by atoms with Crippen molar-refractivity contribution < 1.29 is 8.42 Å². The number of imidazole rings is 1. The van der Waals surface area contributed by atoms with Crippen molar-refractivity contribution in [1.29, 1.82) is 0 Å². The van der Waals surface area contributed by atoms with E-state index in [-0.39, 0.29) is 10.4 Å². The zero-order valence-electron chi connectivity index (χ0n) is 10.3. The quantitative estimate of drug-likeness (QED) is 0.801. The van der Waals surface area contributed by atoms with Gasteiger partial charge in [-0.05, 0) is 26.7 Å². The van der Waals surface area contributed by atoms with Gasteiger partial charge in [0.1, 0.15) is 0 Å². The summed E-state index contributed by atoms with van der Waals surface area (Å²) in [6, 6.07) is 0. The van der Waals surface area contributed by atoms with Gasteiger partial charge in [0.15, 0.2) is 9.99 Å². The fraction of sp³-hybridized carbons (Fsp3) is 0.545. The van der Waals surface area contributed by atoms with Crippen LogP contribution in [0.1, 0.15) is 36.0 Å². The van der Waals surface area contributed by atoms with E-state index in [0.717, 1.165) is 23.4 Å². The molecule has 3 rings (SSSR count). The summed E-state index contributed by atoms with van der Waals surface area (Å²) >= 11 is 1.50. The first-order chi connectivity index (χ1) is 8.24. The minimum Gasteiger partial charge on any atom is -0.277 e. The highest BCUT2D eigenvalue weighted by atomic mass is 35.7. The maximum atomic E-state index is 11.9. The number of halogens is 1. The molecule has 1 saturated carbocycles. The van der Waals surface area contributed by atoms with E-state index in [1.165, 1.54) is 11.3 Å². The number of aryl methyl sites for hydroxylation is 2. The van der Waals surface area contributed by atoms with Crippen molar-refractivity contribution >= 4 is 36.0 Å². The van der Waals surface area contributed by atoms with Gasteiger partial charge in [0.05, 0.1) is 5.69 Å². The Morgan fingerprint density at radius 2 is 2.00 bits per heavy atom. The molecule has 0 saturated heterocycles. The highest BCUT2D eigenvalue weighted by Gasteiger charge is 2.46. The molecule has 0 spiro atoms. The maximum Gasteiger partial charge on any atom is 0.279 e. The molecule has 0 aliphatic heterocycles. The van der Waals surface area contributed by atoms with Gasteiger partial charge in [0.25, 0.3) is 9.05 Å². The lowest BCUT2D eigenvalue weighted by molar-refractivity contribution is 0.598. The van der Waals surface area contributed by atoms with E-state index >= 15 is 0 Å². The second-order valence-corrected chi connectivity index (χ2v) is 8.79. The summed E-state index contributed by atoms with van der Waals surface area (Å²) in [5, 5.41) is 0.168. The lowest BCUT2D eigenvalue weighted by Gasteiger charge is -2.07. The van der Waals surface area contributed by atoms with Crippen LogP contribution >= 0.6 is 22.0 Å². The van der Waals surface area contributed by atoms with Crippen molar-refractivity contribution in [2.24, 2.45) is 0 Å². The molecule has 0 N–H and O–H groups in total. The van der Waals surface area contributed by atoms with Gasteiger partial charge >= 0.3 is 0 Å². The highest BCUT2D eigenvalue weighted by molar-refractivity contribution is 8.13. The molecule has 4 nitrogen and oxygen atoms in total. The Balaban J connectivity index is 2.45. The molecule has 0 unspecified atom stereocenters. The number of fused-ring (bicyclic) bond motifs is 1. The van der Waals surface area contributed by atoms with Crippen LogP contribution in [-0.2, 0) is 14.5 Å². The molecular weight excluding hydrogens is 292 g/mol. The van der Waals surface area contributed by atoms with Gasteiger partial charge in [-0.3, -0.25) is 4.40 Å². The first kappa shape index (κ1) is 12.4. The molecule has 0 radical (unpaired) electrons. The van der Waals surface area contributed by atoms with Crippen LogP contribution in [0.15, 0.2) is 5.03 Å². The van der Waals surface area contributed by atoms with E-state index in [0.29, 0.717) is 10.7 Å². The van der Waals surface area contributed by atoms with E-state index in [1.807, 2.05) is 20.8 Å². The normalized spacial score (nSPS) is 18.4. The molecule has 2 heterocycles. The predicted octanol–water partition coefficient (Wildman–Crippen LogP) is 2.99. The minimum absolute atomic E-state index is 0.122. The summed E-state index contributed by atoms with van der Waals surface area (Å²) in [5.74, 6) is 0. The van der Waals surface area contributed by atoms with Crippen LogP contribution in [0.25, 0.3) is 4.96 Å². The molecule has 0 bridgehead atoms. The van der Waals surface area contributed by atoms with Crippen molar-refractivity contribution in [1.82, 2.24) is 9.38 Å². The summed E-state index contributed by atoms with van der Waals surface area (Å²) in [4.78, 5) is 6.29. The molecule has 1 aliphatic carbocycles. The monoisotopic (exact) mass is 304 g/mol. The lowest BCUT2D eigenvalue weighted by atomic mass is 10.1. The number of hydrogen-bond acceptors (Lipinski definition) is 4. The van der Waals surface area contributed by atoms with Crippen LogP contribution in [0.3, 0.4) is 0 Å². The fourth-order valence-electron chi connectivity index (χ4n) is 2.16. The second-order valence-electron chi connectivity index (χ2n) is 5.13. The van der Waals surface area contributed by atoms with Crippen molar-refractivity contribution in [3.63, 3.8) is 0 Å². The Kier molecular flexibility index (Phi) is 2.41. The summed E-state index contributed by atoms with van der Waals surface area (Å²) in [7, 11) is 1.83. The van der Waals surface area contributed by atoms with Crippen molar-refractivity contribution in [2.75, 3.05) is 0 Å². The fourth-order valence-corrected chi connectivity index (χ4v) is 4.58. The van der Waals surface area contributed by atoms with Gasteiger partial charge in [-0.1, -0.05) is 6.92 Å². The minimum atomic E-state index is -3.79. The third kappa shape index (κ3) is 1.62. The Hall–Kier alpha value is -0.590. The molecule has 2 aromatic rings. The summed E-state index contributed by atoms with van der Waals surface area (Å²) < 4.78 is 25.4. The first-order valence-corrected chi connectivity index (χ1v) is 8.80. The molecule has 98 valence electrons. The Morgan fingerprint density at radius 1 is 1.39 bits per heavy atom. The number of nitrogens with zero attached hydrogens (tertiary/aromatic N) is 2. The first-order valence-electron chi connectivity index (χ1n) is 5.68. The van der Waals surface area contributed by atoms with Crippen LogP contribution in [0.5, 0.6) is 0 Å². The van der Waals surface area contributed by atoms with Gasteiger partial charge in [0.2, 0.25) is 0 Å². The summed E-state index contributed by atoms with van der Waals surface area (Å²) in [5.41, 5.74) is 1.41. The van der Waals surface area contributed by atoms with Gasteiger partial charge < -0.3 is 0 Å². The standard InChI is InChI=1S/C11H13ClN2O2S2/c1-6-7(2)17-10-13-8(11(3)4-5-11)9(14(6)10)18(12,15)16/h4-5H2,1-3H3. The number of aromatic nitrogens is 2. The Bertz CT molecular complexity index is 754. The molecule has 0 amide bonds. The van der Waals surface area contributed by atoms with Crippen LogP contribution < -0.4 is 0 Å². The Labute approximate surface area is 114 Å². The van der Waals surface area contributed by atoms with Crippen LogP contribution in [-0.4, -0.2) is 17.8 Å². The van der Waals surface area contributed by atoms with E-state index < -0.39 is 9.05 Å². The lowest BCUT2D eigenvalue weighted by Crippen LogP contribution is -2.09. The largest absolute Gasteiger partial charge is 0.279 e. The molecule has 1 fully saturated rings. The van der Waals surface area contributed by atoms with E-state index in [9.17, 15) is 8.42 Å². The number of thiazole rings is 1. The maximum absolute atomic E-state index is 11.9.